The summed E-state index contributed by atoms with van der Waals surface area (Å²) in [5, 5.41) is 13.0. The molecule has 0 unspecified atom stereocenters. The van der Waals surface area contributed by atoms with Crippen LogP contribution in [0.1, 0.15) is 5.82 Å². The van der Waals surface area contributed by atoms with Gasteiger partial charge in [-0.05, 0) is 29.3 Å². The molecule has 0 aliphatic carbocycles. The van der Waals surface area contributed by atoms with Crippen LogP contribution >= 0.6 is 0 Å². The lowest BCUT2D eigenvalue weighted by Gasteiger charge is -2.15. The Balaban J connectivity index is 1.84. The van der Waals surface area contributed by atoms with Crippen molar-refractivity contribution in [2.75, 3.05) is 6.61 Å². The van der Waals surface area contributed by atoms with E-state index in [9.17, 15) is 18.3 Å². The fraction of sp³-hybridized carbons (Fsp3) is 0.333. The number of nitrogens with zero attached hydrogens (tertiary/aromatic N) is 3. The van der Waals surface area contributed by atoms with Gasteiger partial charge in [0.2, 0.25) is 0 Å². The van der Waals surface area contributed by atoms with Gasteiger partial charge in [0.15, 0.2) is 5.82 Å². The van der Waals surface area contributed by atoms with E-state index in [0.717, 1.165) is 21.9 Å². The van der Waals surface area contributed by atoms with Crippen LogP contribution in [0.15, 0.2) is 48.5 Å². The zero-order valence-electron chi connectivity index (χ0n) is 17.1. The summed E-state index contributed by atoms with van der Waals surface area (Å²) in [7, 11) is -1.31. The van der Waals surface area contributed by atoms with Crippen LogP contribution in [0.5, 0.6) is 5.75 Å². The standard InChI is InChI=1S/C21H24F3N3O2Si/c1-30(2,3)13-12-29-14-27-19(25-20(26-27)21(22,23)24)17-6-4-15(5-7-17)16-8-10-18(28)11-9-16/h4-11,28H,12-14H2,1-3H3. The first-order valence-corrected chi connectivity index (χ1v) is 13.2. The zero-order valence-corrected chi connectivity index (χ0v) is 18.1. The number of aromatic hydroxyl groups is 1. The minimum Gasteiger partial charge on any atom is -0.508 e. The second-order valence-corrected chi connectivity index (χ2v) is 13.8. The van der Waals surface area contributed by atoms with Gasteiger partial charge in [-0.25, -0.2) is 9.67 Å². The Morgan fingerprint density at radius 3 is 2.00 bits per heavy atom. The highest BCUT2D eigenvalue weighted by Crippen LogP contribution is 2.30. The van der Waals surface area contributed by atoms with E-state index >= 15 is 0 Å². The third-order valence-corrected chi connectivity index (χ3v) is 6.18. The highest BCUT2D eigenvalue weighted by Gasteiger charge is 2.37. The van der Waals surface area contributed by atoms with Gasteiger partial charge in [0.05, 0.1) is 0 Å². The van der Waals surface area contributed by atoms with Gasteiger partial charge in [0.25, 0.3) is 5.82 Å². The van der Waals surface area contributed by atoms with Gasteiger partial charge in [0.1, 0.15) is 12.5 Å². The van der Waals surface area contributed by atoms with Crippen molar-refractivity contribution in [3.8, 4) is 28.3 Å². The normalized spacial score (nSPS) is 12.3. The highest BCUT2D eigenvalue weighted by molar-refractivity contribution is 6.76. The molecule has 0 aliphatic rings. The molecule has 1 N–H and O–H groups in total. The maximum Gasteiger partial charge on any atom is 0.453 e. The Morgan fingerprint density at radius 2 is 1.47 bits per heavy atom. The van der Waals surface area contributed by atoms with Crippen LogP contribution in [0.25, 0.3) is 22.5 Å². The first-order chi connectivity index (χ1) is 14.0. The molecule has 0 aliphatic heterocycles. The van der Waals surface area contributed by atoms with Crippen molar-refractivity contribution in [3.05, 3.63) is 54.4 Å². The molecule has 0 amide bonds. The molecule has 3 aromatic rings. The van der Waals surface area contributed by atoms with Crippen LogP contribution in [-0.2, 0) is 17.6 Å². The Morgan fingerprint density at radius 1 is 0.933 bits per heavy atom. The fourth-order valence-corrected chi connectivity index (χ4v) is 3.52. The summed E-state index contributed by atoms with van der Waals surface area (Å²) in [6.45, 7) is 6.98. The molecule has 1 heterocycles. The van der Waals surface area contributed by atoms with E-state index in [1.807, 2.05) is 0 Å². The maximum atomic E-state index is 13.2. The first-order valence-electron chi connectivity index (χ1n) is 9.52. The molecule has 0 spiro atoms. The first kappa shape index (κ1) is 22.0. The van der Waals surface area contributed by atoms with Gasteiger partial charge >= 0.3 is 6.18 Å². The van der Waals surface area contributed by atoms with E-state index in [1.165, 1.54) is 0 Å². The van der Waals surface area contributed by atoms with Crippen molar-refractivity contribution in [3.63, 3.8) is 0 Å². The Hall–Kier alpha value is -2.65. The smallest absolute Gasteiger partial charge is 0.453 e. The van der Waals surface area contributed by atoms with Gasteiger partial charge in [-0.3, -0.25) is 0 Å². The zero-order chi connectivity index (χ0) is 21.9. The number of alkyl halides is 3. The van der Waals surface area contributed by atoms with Gasteiger partial charge < -0.3 is 9.84 Å². The van der Waals surface area contributed by atoms with E-state index in [1.54, 1.807) is 48.5 Å². The second kappa shape index (κ2) is 8.61. The van der Waals surface area contributed by atoms with Crippen molar-refractivity contribution in [2.45, 2.75) is 38.6 Å². The van der Waals surface area contributed by atoms with Crippen molar-refractivity contribution in [1.29, 1.82) is 0 Å². The Bertz CT molecular complexity index is 979. The average molecular weight is 436 g/mol. The molecule has 160 valence electrons. The average Bonchev–Trinajstić information content (AvgIpc) is 3.10. The summed E-state index contributed by atoms with van der Waals surface area (Å²) in [5.74, 6) is -0.918. The minimum absolute atomic E-state index is 0.0946. The molecule has 5 nitrogen and oxygen atoms in total. The molecule has 1 aromatic heterocycles. The lowest BCUT2D eigenvalue weighted by Crippen LogP contribution is -2.22. The third-order valence-electron chi connectivity index (χ3n) is 4.48. The predicted molar refractivity (Wildman–Crippen MR) is 112 cm³/mol. The van der Waals surface area contributed by atoms with Crippen molar-refractivity contribution in [1.82, 2.24) is 14.8 Å². The highest BCUT2D eigenvalue weighted by atomic mass is 28.3. The van der Waals surface area contributed by atoms with Crippen LogP contribution < -0.4 is 0 Å². The monoisotopic (exact) mass is 435 g/mol. The second-order valence-electron chi connectivity index (χ2n) is 8.23. The van der Waals surface area contributed by atoms with E-state index in [4.69, 9.17) is 4.74 Å². The number of ether oxygens (including phenoxy) is 1. The van der Waals surface area contributed by atoms with Crippen LogP contribution in [0, 0.1) is 0 Å². The van der Waals surface area contributed by atoms with Crippen molar-refractivity contribution < 1.29 is 23.0 Å². The van der Waals surface area contributed by atoms with Crippen LogP contribution in [0.2, 0.25) is 25.7 Å². The fourth-order valence-electron chi connectivity index (χ4n) is 2.76. The summed E-state index contributed by atoms with van der Waals surface area (Å²) in [4.78, 5) is 3.72. The van der Waals surface area contributed by atoms with E-state index in [0.29, 0.717) is 12.2 Å². The Kier molecular flexibility index (Phi) is 6.32. The molecule has 0 saturated heterocycles. The number of phenolic OH excluding ortho intramolecular Hbond substituents is 1. The summed E-state index contributed by atoms with van der Waals surface area (Å²) in [6, 6.07) is 14.6. The topological polar surface area (TPSA) is 60.2 Å². The van der Waals surface area contributed by atoms with E-state index in [-0.39, 0.29) is 18.3 Å². The van der Waals surface area contributed by atoms with E-state index < -0.39 is 20.1 Å². The lowest BCUT2D eigenvalue weighted by molar-refractivity contribution is -0.145. The molecule has 0 bridgehead atoms. The molecule has 3 rings (SSSR count). The third kappa shape index (κ3) is 5.70. The molecular formula is C21H24F3N3O2Si. The molecule has 9 heteroatoms. The molecule has 0 atom stereocenters. The largest absolute Gasteiger partial charge is 0.508 e. The molecule has 30 heavy (non-hydrogen) atoms. The summed E-state index contributed by atoms with van der Waals surface area (Å²) >= 11 is 0. The summed E-state index contributed by atoms with van der Waals surface area (Å²) < 4.78 is 46.2. The number of hydrogen-bond donors (Lipinski definition) is 1. The number of hydrogen-bond acceptors (Lipinski definition) is 4. The van der Waals surface area contributed by atoms with Crippen LogP contribution in [-0.4, -0.2) is 34.6 Å². The maximum absolute atomic E-state index is 13.2. The quantitative estimate of drug-likeness (QED) is 0.385. The summed E-state index contributed by atoms with van der Waals surface area (Å²) in [5.41, 5.74) is 2.26. The van der Waals surface area contributed by atoms with Gasteiger partial charge in [0, 0.05) is 20.2 Å². The van der Waals surface area contributed by atoms with E-state index in [2.05, 4.69) is 29.7 Å². The number of aromatic nitrogens is 3. The van der Waals surface area contributed by atoms with Crippen molar-refractivity contribution >= 4 is 8.07 Å². The number of rotatable bonds is 7. The molecule has 2 aromatic carbocycles. The molecule has 0 radical (unpaired) electrons. The summed E-state index contributed by atoms with van der Waals surface area (Å²) in [6.07, 6.45) is -4.63. The SMILES string of the molecule is C[Si](C)(C)CCOCn1nc(C(F)(F)F)nc1-c1ccc(-c2ccc(O)cc2)cc1. The van der Waals surface area contributed by atoms with Crippen LogP contribution in [0.4, 0.5) is 13.2 Å². The molecular weight excluding hydrogens is 411 g/mol. The Labute approximate surface area is 174 Å². The van der Waals surface area contributed by atoms with Gasteiger partial charge in [-0.15, -0.1) is 5.10 Å². The van der Waals surface area contributed by atoms with Gasteiger partial charge in [-0.2, -0.15) is 13.2 Å². The number of benzene rings is 2. The van der Waals surface area contributed by atoms with Crippen molar-refractivity contribution in [2.24, 2.45) is 0 Å². The lowest BCUT2D eigenvalue weighted by atomic mass is 10.0. The van der Waals surface area contributed by atoms with Crippen LogP contribution in [0.3, 0.4) is 0 Å². The molecule has 0 saturated carbocycles. The molecule has 0 fully saturated rings. The number of halogens is 3. The number of phenols is 1. The minimum atomic E-state index is -4.63. The van der Waals surface area contributed by atoms with Gasteiger partial charge in [-0.1, -0.05) is 56.0 Å². The predicted octanol–water partition coefficient (Wildman–Crippen LogP) is 5.65.